The molecule has 172 valence electrons. The summed E-state index contributed by atoms with van der Waals surface area (Å²) in [7, 11) is 0. The first kappa shape index (κ1) is 21.9. The monoisotopic (exact) mass is 453 g/mol. The Morgan fingerprint density at radius 2 is 1.35 bits per heavy atom. The van der Waals surface area contributed by atoms with Crippen molar-refractivity contribution >= 4 is 17.8 Å². The summed E-state index contributed by atoms with van der Waals surface area (Å²) in [6.07, 6.45) is 1.90. The second-order valence-electron chi connectivity index (χ2n) is 8.87. The lowest BCUT2D eigenvalue weighted by atomic mass is 10.1. The zero-order valence-electron chi connectivity index (χ0n) is 18.9. The molecule has 2 fully saturated rings. The second kappa shape index (κ2) is 9.51. The number of nitrogens with zero attached hydrogens (tertiary/aromatic N) is 3. The lowest BCUT2D eigenvalue weighted by Crippen LogP contribution is -2.44. The molecule has 1 saturated heterocycles. The Bertz CT molecular complexity index is 1160. The van der Waals surface area contributed by atoms with Crippen LogP contribution in [-0.2, 0) is 22.7 Å². The largest absolute Gasteiger partial charge is 0.334 e. The third-order valence-corrected chi connectivity index (χ3v) is 6.40. The van der Waals surface area contributed by atoms with Gasteiger partial charge in [-0.1, -0.05) is 91.0 Å². The standard InChI is InChI=1S/C28H27N3O3/c32-25(29(24-16-17-24)18-21-10-4-1-5-11-21)20-31-27(33)26(23-14-8-3-9-15-23)30(28(31)34)19-22-12-6-2-7-13-22/h1-15,24,26H,16-20H2. The van der Waals surface area contributed by atoms with Gasteiger partial charge in [0, 0.05) is 19.1 Å². The van der Waals surface area contributed by atoms with Crippen LogP contribution < -0.4 is 0 Å². The SMILES string of the molecule is O=C1C(c2ccccc2)N(Cc2ccccc2)C(=O)N1CC(=O)N(Cc1ccccc1)C1CC1. The minimum absolute atomic E-state index is 0.172. The lowest BCUT2D eigenvalue weighted by molar-refractivity contribution is -0.138. The van der Waals surface area contributed by atoms with Gasteiger partial charge in [-0.2, -0.15) is 0 Å². The molecule has 0 spiro atoms. The van der Waals surface area contributed by atoms with Crippen LogP contribution in [0.1, 0.15) is 35.6 Å². The second-order valence-corrected chi connectivity index (χ2v) is 8.87. The summed E-state index contributed by atoms with van der Waals surface area (Å²) < 4.78 is 0. The number of hydrogen-bond acceptors (Lipinski definition) is 3. The van der Waals surface area contributed by atoms with E-state index in [4.69, 9.17) is 0 Å². The molecule has 1 unspecified atom stereocenters. The van der Waals surface area contributed by atoms with Crippen molar-refractivity contribution in [1.29, 1.82) is 0 Å². The summed E-state index contributed by atoms with van der Waals surface area (Å²) >= 11 is 0. The highest BCUT2D eigenvalue weighted by Crippen LogP contribution is 2.33. The molecule has 3 aromatic rings. The van der Waals surface area contributed by atoms with Crippen LogP contribution in [0.3, 0.4) is 0 Å². The molecular weight excluding hydrogens is 426 g/mol. The molecule has 5 rings (SSSR count). The van der Waals surface area contributed by atoms with E-state index < -0.39 is 12.1 Å². The normalized spacial score (nSPS) is 17.8. The van der Waals surface area contributed by atoms with E-state index in [9.17, 15) is 14.4 Å². The molecule has 3 aromatic carbocycles. The fraction of sp³-hybridized carbons (Fsp3) is 0.250. The number of hydrogen-bond donors (Lipinski definition) is 0. The number of amides is 4. The number of urea groups is 1. The zero-order chi connectivity index (χ0) is 23.5. The Labute approximate surface area is 199 Å². The first-order chi connectivity index (χ1) is 16.6. The van der Waals surface area contributed by atoms with Crippen LogP contribution >= 0.6 is 0 Å². The molecule has 6 nitrogen and oxygen atoms in total. The molecule has 1 aliphatic carbocycles. The van der Waals surface area contributed by atoms with Crippen molar-refractivity contribution in [3.05, 3.63) is 108 Å². The Morgan fingerprint density at radius 1 is 0.794 bits per heavy atom. The Morgan fingerprint density at radius 3 is 1.94 bits per heavy atom. The summed E-state index contributed by atoms with van der Waals surface area (Å²) in [4.78, 5) is 44.8. The fourth-order valence-electron chi connectivity index (χ4n) is 4.50. The Kier molecular flexibility index (Phi) is 6.12. The van der Waals surface area contributed by atoms with E-state index in [1.54, 1.807) is 4.90 Å². The van der Waals surface area contributed by atoms with Gasteiger partial charge in [0.05, 0.1) is 0 Å². The molecule has 0 N–H and O–H groups in total. The quantitative estimate of drug-likeness (QED) is 0.476. The molecule has 34 heavy (non-hydrogen) atoms. The minimum Gasteiger partial charge on any atom is -0.334 e. The van der Waals surface area contributed by atoms with Crippen molar-refractivity contribution in [3.63, 3.8) is 0 Å². The van der Waals surface area contributed by atoms with Crippen molar-refractivity contribution in [2.24, 2.45) is 0 Å². The molecule has 0 radical (unpaired) electrons. The molecule has 0 bridgehead atoms. The average Bonchev–Trinajstić information content (AvgIpc) is 3.69. The smallest absolute Gasteiger partial charge is 0.328 e. The van der Waals surface area contributed by atoms with Gasteiger partial charge in [-0.25, -0.2) is 4.79 Å². The molecule has 4 amide bonds. The zero-order valence-corrected chi connectivity index (χ0v) is 18.9. The number of carbonyl (C=O) groups is 3. The summed E-state index contributed by atoms with van der Waals surface area (Å²) in [5.74, 6) is -0.544. The van der Waals surface area contributed by atoms with Crippen LogP contribution in [0.4, 0.5) is 4.79 Å². The third kappa shape index (κ3) is 4.57. The van der Waals surface area contributed by atoms with Crippen LogP contribution in [0.15, 0.2) is 91.0 Å². The van der Waals surface area contributed by atoms with E-state index in [2.05, 4.69) is 0 Å². The maximum Gasteiger partial charge on any atom is 0.328 e. The van der Waals surface area contributed by atoms with Crippen molar-refractivity contribution < 1.29 is 14.4 Å². The van der Waals surface area contributed by atoms with Crippen LogP contribution in [0.2, 0.25) is 0 Å². The first-order valence-electron chi connectivity index (χ1n) is 11.7. The van der Waals surface area contributed by atoms with Gasteiger partial charge in [0.2, 0.25) is 5.91 Å². The van der Waals surface area contributed by atoms with Gasteiger partial charge >= 0.3 is 6.03 Å². The lowest BCUT2D eigenvalue weighted by Gasteiger charge is -2.25. The summed E-state index contributed by atoms with van der Waals surface area (Å²) in [6, 6.07) is 27.7. The highest BCUT2D eigenvalue weighted by atomic mass is 16.2. The average molecular weight is 454 g/mol. The fourth-order valence-corrected chi connectivity index (χ4v) is 4.50. The van der Waals surface area contributed by atoms with Crippen LogP contribution in [0, 0.1) is 0 Å². The molecular formula is C28H27N3O3. The maximum atomic E-state index is 13.5. The summed E-state index contributed by atoms with van der Waals surface area (Å²) in [5, 5.41) is 0. The molecule has 1 heterocycles. The van der Waals surface area contributed by atoms with Crippen molar-refractivity contribution in [1.82, 2.24) is 14.7 Å². The van der Waals surface area contributed by atoms with Crippen LogP contribution in [-0.4, -0.2) is 45.1 Å². The van der Waals surface area contributed by atoms with Gasteiger partial charge in [0.25, 0.3) is 5.91 Å². The minimum atomic E-state index is -0.745. The first-order valence-corrected chi connectivity index (χ1v) is 11.7. The Hall–Kier alpha value is -3.93. The van der Waals surface area contributed by atoms with E-state index in [0.717, 1.165) is 34.4 Å². The highest BCUT2D eigenvalue weighted by molar-refractivity contribution is 6.06. The van der Waals surface area contributed by atoms with Gasteiger partial charge in [-0.3, -0.25) is 14.5 Å². The van der Waals surface area contributed by atoms with Gasteiger partial charge in [-0.05, 0) is 29.5 Å². The molecule has 2 aliphatic rings. The summed E-state index contributed by atoms with van der Waals surface area (Å²) in [6.45, 7) is 0.540. The molecule has 0 aromatic heterocycles. The van der Waals surface area contributed by atoms with Gasteiger partial charge in [-0.15, -0.1) is 0 Å². The number of imide groups is 1. The third-order valence-electron chi connectivity index (χ3n) is 6.40. The van der Waals surface area contributed by atoms with Crippen molar-refractivity contribution in [2.75, 3.05) is 6.54 Å². The van der Waals surface area contributed by atoms with E-state index >= 15 is 0 Å². The van der Waals surface area contributed by atoms with E-state index in [-0.39, 0.29) is 24.4 Å². The molecule has 6 heteroatoms. The van der Waals surface area contributed by atoms with E-state index in [0.29, 0.717) is 13.1 Å². The van der Waals surface area contributed by atoms with Gasteiger partial charge < -0.3 is 9.80 Å². The maximum absolute atomic E-state index is 13.5. The predicted octanol–water partition coefficient (Wildman–Crippen LogP) is 4.38. The number of rotatable bonds is 8. The van der Waals surface area contributed by atoms with Crippen molar-refractivity contribution in [3.8, 4) is 0 Å². The number of benzene rings is 3. The van der Waals surface area contributed by atoms with Crippen molar-refractivity contribution in [2.45, 2.75) is 38.0 Å². The van der Waals surface area contributed by atoms with E-state index in [1.165, 1.54) is 0 Å². The van der Waals surface area contributed by atoms with Gasteiger partial charge in [0.15, 0.2) is 0 Å². The van der Waals surface area contributed by atoms with E-state index in [1.807, 2.05) is 95.9 Å². The highest BCUT2D eigenvalue weighted by Gasteiger charge is 2.47. The molecule has 1 saturated carbocycles. The Balaban J connectivity index is 1.39. The predicted molar refractivity (Wildman–Crippen MR) is 128 cm³/mol. The summed E-state index contributed by atoms with van der Waals surface area (Å²) in [5.41, 5.74) is 2.71. The van der Waals surface area contributed by atoms with Crippen LogP contribution in [0.25, 0.3) is 0 Å². The molecule has 1 aliphatic heterocycles. The van der Waals surface area contributed by atoms with Gasteiger partial charge in [0.1, 0.15) is 12.6 Å². The van der Waals surface area contributed by atoms with Crippen LogP contribution in [0.5, 0.6) is 0 Å². The number of carbonyl (C=O) groups excluding carboxylic acids is 3. The topological polar surface area (TPSA) is 60.9 Å². The molecule has 1 atom stereocenters.